The van der Waals surface area contributed by atoms with Crippen molar-refractivity contribution in [1.29, 1.82) is 0 Å². The molecule has 0 aliphatic rings. The van der Waals surface area contributed by atoms with Gasteiger partial charge in [-0.25, -0.2) is 0 Å². The number of rotatable bonds is 6. The fraction of sp³-hybridized carbons (Fsp3) is 0.412. The molecule has 2 aromatic rings. The zero-order valence-electron chi connectivity index (χ0n) is 13.2. The molecule has 0 saturated carbocycles. The minimum absolute atomic E-state index is 0.159. The molecule has 4 heteroatoms. The molecule has 112 valence electrons. The van der Waals surface area contributed by atoms with Crippen LogP contribution < -0.4 is 9.47 Å². The summed E-state index contributed by atoms with van der Waals surface area (Å²) in [6, 6.07) is 7.95. The number of benzene rings is 1. The van der Waals surface area contributed by atoms with E-state index in [2.05, 4.69) is 32.6 Å². The standard InChI is InChI=1S/C17H23N2OS/c1-5-18(6-2)16-9-7-15(8-10-16)17(20)11-19-12-21-14(4)13(19)3/h7-10,12H,5-6,11H2,1-4H3/q+1. The lowest BCUT2D eigenvalue weighted by molar-refractivity contribution is -0.684. The number of carbonyl (C=O) groups excluding carboxylic acids is 1. The number of aryl methyl sites for hydroxylation is 1. The lowest BCUT2D eigenvalue weighted by Gasteiger charge is -2.20. The van der Waals surface area contributed by atoms with E-state index in [4.69, 9.17) is 0 Å². The highest BCUT2D eigenvalue weighted by Crippen LogP contribution is 2.15. The SMILES string of the molecule is CCN(CC)c1ccc(C(=O)C[n+]2csc(C)c2C)cc1. The van der Waals surface area contributed by atoms with Crippen LogP contribution in [-0.2, 0) is 6.54 Å². The lowest BCUT2D eigenvalue weighted by Crippen LogP contribution is -2.38. The summed E-state index contributed by atoms with van der Waals surface area (Å²) in [5, 5.41) is 0. The second kappa shape index (κ2) is 6.85. The van der Waals surface area contributed by atoms with Crippen molar-refractivity contribution >= 4 is 22.8 Å². The monoisotopic (exact) mass is 303 g/mol. The van der Waals surface area contributed by atoms with Crippen molar-refractivity contribution < 1.29 is 9.36 Å². The molecule has 0 N–H and O–H groups in total. The Bertz CT molecular complexity index is 612. The molecular formula is C17H23N2OS+. The molecule has 21 heavy (non-hydrogen) atoms. The van der Waals surface area contributed by atoms with Gasteiger partial charge in [0, 0.05) is 31.3 Å². The van der Waals surface area contributed by atoms with Gasteiger partial charge in [-0.2, -0.15) is 4.57 Å². The van der Waals surface area contributed by atoms with Crippen LogP contribution in [0, 0.1) is 13.8 Å². The van der Waals surface area contributed by atoms with Crippen LogP contribution in [0.5, 0.6) is 0 Å². The molecule has 1 aromatic heterocycles. The van der Waals surface area contributed by atoms with E-state index in [-0.39, 0.29) is 5.78 Å². The molecule has 0 radical (unpaired) electrons. The molecule has 0 aliphatic carbocycles. The third kappa shape index (κ3) is 3.50. The maximum atomic E-state index is 12.4. The third-order valence-corrected chi connectivity index (χ3v) is 4.94. The first-order valence-corrected chi connectivity index (χ1v) is 8.27. The van der Waals surface area contributed by atoms with Gasteiger partial charge >= 0.3 is 0 Å². The zero-order valence-corrected chi connectivity index (χ0v) is 14.0. The van der Waals surface area contributed by atoms with E-state index in [1.807, 2.05) is 34.3 Å². The van der Waals surface area contributed by atoms with E-state index in [9.17, 15) is 4.79 Å². The summed E-state index contributed by atoms with van der Waals surface area (Å²) in [4.78, 5) is 15.9. The Labute approximate surface area is 130 Å². The Hall–Kier alpha value is -1.68. The number of Topliss-reactive ketones (excluding diaryl/α,β-unsaturated/α-hetero) is 1. The summed E-state index contributed by atoms with van der Waals surface area (Å²) in [5.41, 5.74) is 5.15. The van der Waals surface area contributed by atoms with Crippen molar-refractivity contribution in [3.63, 3.8) is 0 Å². The summed E-state index contributed by atoms with van der Waals surface area (Å²) in [5.74, 6) is 0.159. The van der Waals surface area contributed by atoms with Gasteiger partial charge in [0.2, 0.25) is 17.8 Å². The van der Waals surface area contributed by atoms with E-state index in [1.165, 1.54) is 16.3 Å². The molecule has 3 nitrogen and oxygen atoms in total. The summed E-state index contributed by atoms with van der Waals surface area (Å²) in [6.45, 7) is 10.8. The van der Waals surface area contributed by atoms with Crippen molar-refractivity contribution in [3.8, 4) is 0 Å². The second-order valence-electron chi connectivity index (χ2n) is 5.14. The van der Waals surface area contributed by atoms with E-state index in [0.717, 1.165) is 18.7 Å². The highest BCUT2D eigenvalue weighted by molar-refractivity contribution is 7.09. The highest BCUT2D eigenvalue weighted by atomic mass is 32.1. The first-order chi connectivity index (χ1) is 10.1. The average Bonchev–Trinajstić information content (AvgIpc) is 2.81. The first kappa shape index (κ1) is 15.7. The van der Waals surface area contributed by atoms with Crippen molar-refractivity contribution in [2.75, 3.05) is 18.0 Å². The minimum atomic E-state index is 0.159. The Kier molecular flexibility index (Phi) is 5.12. The molecule has 0 saturated heterocycles. The molecule has 1 aromatic carbocycles. The van der Waals surface area contributed by atoms with Gasteiger partial charge in [0.1, 0.15) is 0 Å². The number of hydrogen-bond acceptors (Lipinski definition) is 3. The predicted octanol–water partition coefficient (Wildman–Crippen LogP) is 3.38. The number of nitrogens with zero attached hydrogens (tertiary/aromatic N) is 2. The van der Waals surface area contributed by atoms with Gasteiger partial charge < -0.3 is 4.90 Å². The quantitative estimate of drug-likeness (QED) is 0.603. The van der Waals surface area contributed by atoms with Gasteiger partial charge in [0.25, 0.3) is 0 Å². The van der Waals surface area contributed by atoms with Crippen molar-refractivity contribution in [3.05, 3.63) is 45.9 Å². The van der Waals surface area contributed by atoms with E-state index in [1.54, 1.807) is 11.3 Å². The topological polar surface area (TPSA) is 24.2 Å². The first-order valence-electron chi connectivity index (χ1n) is 7.39. The number of hydrogen-bond donors (Lipinski definition) is 0. The molecule has 2 rings (SSSR count). The Morgan fingerprint density at radius 3 is 2.24 bits per heavy atom. The highest BCUT2D eigenvalue weighted by Gasteiger charge is 2.17. The summed E-state index contributed by atoms with van der Waals surface area (Å²) in [7, 11) is 0. The number of thiazole rings is 1. The largest absolute Gasteiger partial charge is 0.372 e. The van der Waals surface area contributed by atoms with Crippen molar-refractivity contribution in [2.24, 2.45) is 0 Å². The number of ketones is 1. The Morgan fingerprint density at radius 2 is 1.76 bits per heavy atom. The van der Waals surface area contributed by atoms with Crippen LogP contribution in [0.3, 0.4) is 0 Å². The summed E-state index contributed by atoms with van der Waals surface area (Å²) >= 11 is 1.68. The van der Waals surface area contributed by atoms with Gasteiger partial charge in [0.15, 0.2) is 5.69 Å². The normalized spacial score (nSPS) is 10.7. The van der Waals surface area contributed by atoms with Gasteiger partial charge in [0.05, 0.1) is 4.88 Å². The second-order valence-corrected chi connectivity index (χ2v) is 6.19. The molecule has 0 fully saturated rings. The maximum Gasteiger partial charge on any atom is 0.227 e. The van der Waals surface area contributed by atoms with Crippen molar-refractivity contribution in [2.45, 2.75) is 34.2 Å². The Morgan fingerprint density at radius 1 is 1.14 bits per heavy atom. The van der Waals surface area contributed by atoms with Crippen LogP contribution in [0.4, 0.5) is 5.69 Å². The van der Waals surface area contributed by atoms with Gasteiger partial charge in [-0.3, -0.25) is 4.79 Å². The molecular weight excluding hydrogens is 280 g/mol. The maximum absolute atomic E-state index is 12.4. The van der Waals surface area contributed by atoms with Gasteiger partial charge in [-0.15, -0.1) is 0 Å². The zero-order chi connectivity index (χ0) is 15.4. The summed E-state index contributed by atoms with van der Waals surface area (Å²) < 4.78 is 2.03. The average molecular weight is 303 g/mol. The van der Waals surface area contributed by atoms with Gasteiger partial charge in [-0.05, 0) is 45.0 Å². The smallest absolute Gasteiger partial charge is 0.227 e. The fourth-order valence-corrected chi connectivity index (χ4v) is 3.16. The number of carbonyl (C=O) groups is 1. The predicted molar refractivity (Wildman–Crippen MR) is 88.3 cm³/mol. The molecule has 0 aliphatic heterocycles. The molecule has 0 bridgehead atoms. The molecule has 0 spiro atoms. The van der Waals surface area contributed by atoms with E-state index < -0.39 is 0 Å². The third-order valence-electron chi connectivity index (χ3n) is 3.93. The number of aromatic nitrogens is 1. The van der Waals surface area contributed by atoms with Gasteiger partial charge in [-0.1, -0.05) is 11.3 Å². The minimum Gasteiger partial charge on any atom is -0.372 e. The van der Waals surface area contributed by atoms with Crippen LogP contribution in [0.15, 0.2) is 29.8 Å². The van der Waals surface area contributed by atoms with E-state index >= 15 is 0 Å². The van der Waals surface area contributed by atoms with Crippen LogP contribution in [0.2, 0.25) is 0 Å². The van der Waals surface area contributed by atoms with Crippen LogP contribution in [0.25, 0.3) is 0 Å². The van der Waals surface area contributed by atoms with Crippen molar-refractivity contribution in [1.82, 2.24) is 0 Å². The molecule has 1 heterocycles. The summed E-state index contributed by atoms with van der Waals surface area (Å²) in [6.07, 6.45) is 0. The molecule has 0 amide bonds. The van der Waals surface area contributed by atoms with Crippen LogP contribution in [-0.4, -0.2) is 18.9 Å². The number of anilines is 1. The molecule has 0 unspecified atom stereocenters. The Balaban J connectivity index is 2.11. The lowest BCUT2D eigenvalue weighted by atomic mass is 10.1. The van der Waals surface area contributed by atoms with Crippen LogP contribution >= 0.6 is 11.3 Å². The van der Waals surface area contributed by atoms with Crippen LogP contribution in [0.1, 0.15) is 34.8 Å². The molecule has 0 atom stereocenters. The fourth-order valence-electron chi connectivity index (χ4n) is 2.36. The van der Waals surface area contributed by atoms with E-state index in [0.29, 0.717) is 6.54 Å².